The molecule has 4 heteroatoms. The summed E-state index contributed by atoms with van der Waals surface area (Å²) >= 11 is 0. The number of carboxylic acid groups (broad SMARTS) is 1. The summed E-state index contributed by atoms with van der Waals surface area (Å²) in [6.07, 6.45) is 5.99. The monoisotopic (exact) mass is 277 g/mol. The van der Waals surface area contributed by atoms with Crippen molar-refractivity contribution >= 4 is 12.0 Å². The zero-order valence-corrected chi connectivity index (χ0v) is 11.7. The van der Waals surface area contributed by atoms with Gasteiger partial charge in [-0.15, -0.1) is 0 Å². The number of rotatable bonds is 7. The summed E-state index contributed by atoms with van der Waals surface area (Å²) in [6.45, 7) is 3.88. The second-order valence-corrected chi connectivity index (χ2v) is 5.27. The van der Waals surface area contributed by atoms with Gasteiger partial charge in [0.1, 0.15) is 5.82 Å². The van der Waals surface area contributed by atoms with Crippen molar-refractivity contribution in [1.29, 1.82) is 0 Å². The highest BCUT2D eigenvalue weighted by molar-refractivity contribution is 5.85. The first-order valence-electron chi connectivity index (χ1n) is 7.03. The third-order valence-electron chi connectivity index (χ3n) is 3.36. The largest absolute Gasteiger partial charge is 0.478 e. The van der Waals surface area contributed by atoms with Gasteiger partial charge in [-0.3, -0.25) is 4.90 Å². The molecule has 1 aliphatic rings. The molecule has 1 N–H and O–H groups in total. The second kappa shape index (κ2) is 6.66. The first-order valence-corrected chi connectivity index (χ1v) is 7.03. The Morgan fingerprint density at radius 1 is 1.45 bits per heavy atom. The molecule has 0 heterocycles. The Kier molecular flexibility index (Phi) is 4.90. The Labute approximate surface area is 118 Å². The van der Waals surface area contributed by atoms with Gasteiger partial charge in [-0.1, -0.05) is 13.0 Å². The second-order valence-electron chi connectivity index (χ2n) is 5.27. The van der Waals surface area contributed by atoms with Gasteiger partial charge in [0, 0.05) is 18.7 Å². The molecule has 1 saturated carbocycles. The fraction of sp³-hybridized carbons (Fsp3) is 0.438. The lowest BCUT2D eigenvalue weighted by Crippen LogP contribution is -2.26. The molecule has 0 atom stereocenters. The standard InChI is InChI=1S/C16H20FNO2/c1-2-7-18(15-4-5-15)11-13-8-12(3-6-16(19)20)9-14(17)10-13/h3,6,8-10,15H,2,4-5,7,11H2,1H3,(H,19,20). The molecule has 0 aliphatic heterocycles. The summed E-state index contributed by atoms with van der Waals surface area (Å²) in [5.41, 5.74) is 1.49. The van der Waals surface area contributed by atoms with Crippen LogP contribution >= 0.6 is 0 Å². The average molecular weight is 277 g/mol. The number of hydrogen-bond acceptors (Lipinski definition) is 2. The normalized spacial score (nSPS) is 15.2. The van der Waals surface area contributed by atoms with Crippen LogP contribution in [-0.4, -0.2) is 28.6 Å². The highest BCUT2D eigenvalue weighted by atomic mass is 19.1. The lowest BCUT2D eigenvalue weighted by molar-refractivity contribution is -0.131. The molecular formula is C16H20FNO2. The van der Waals surface area contributed by atoms with E-state index in [4.69, 9.17) is 5.11 Å². The molecule has 0 amide bonds. The van der Waals surface area contributed by atoms with Crippen molar-refractivity contribution < 1.29 is 14.3 Å². The Hall–Kier alpha value is -1.68. The first kappa shape index (κ1) is 14.7. The summed E-state index contributed by atoms with van der Waals surface area (Å²) in [5, 5.41) is 8.62. The molecule has 1 fully saturated rings. The molecule has 1 aliphatic carbocycles. The van der Waals surface area contributed by atoms with Gasteiger partial charge in [0.25, 0.3) is 0 Å². The fourth-order valence-electron chi connectivity index (χ4n) is 2.38. The van der Waals surface area contributed by atoms with Crippen LogP contribution in [0.15, 0.2) is 24.3 Å². The van der Waals surface area contributed by atoms with E-state index in [1.165, 1.54) is 31.1 Å². The maximum Gasteiger partial charge on any atom is 0.328 e. The number of aliphatic carboxylic acids is 1. The highest BCUT2D eigenvalue weighted by Crippen LogP contribution is 2.28. The summed E-state index contributed by atoms with van der Waals surface area (Å²) in [4.78, 5) is 12.9. The Morgan fingerprint density at radius 3 is 2.80 bits per heavy atom. The van der Waals surface area contributed by atoms with Crippen LogP contribution in [0.1, 0.15) is 37.3 Å². The molecule has 1 aromatic carbocycles. The van der Waals surface area contributed by atoms with Crippen molar-refractivity contribution in [3.05, 3.63) is 41.2 Å². The molecule has 0 radical (unpaired) electrons. The van der Waals surface area contributed by atoms with Crippen LogP contribution in [0, 0.1) is 5.82 Å². The lowest BCUT2D eigenvalue weighted by Gasteiger charge is -2.21. The van der Waals surface area contributed by atoms with Crippen molar-refractivity contribution in [3.63, 3.8) is 0 Å². The zero-order chi connectivity index (χ0) is 14.5. The Morgan fingerprint density at radius 2 is 2.20 bits per heavy atom. The third kappa shape index (κ3) is 4.46. The van der Waals surface area contributed by atoms with E-state index >= 15 is 0 Å². The maximum absolute atomic E-state index is 13.6. The molecule has 3 nitrogen and oxygen atoms in total. The third-order valence-corrected chi connectivity index (χ3v) is 3.36. The van der Waals surface area contributed by atoms with Gasteiger partial charge in [0.05, 0.1) is 0 Å². The summed E-state index contributed by atoms with van der Waals surface area (Å²) < 4.78 is 13.6. The number of benzene rings is 1. The van der Waals surface area contributed by atoms with E-state index in [0.29, 0.717) is 11.6 Å². The number of nitrogens with zero attached hydrogens (tertiary/aromatic N) is 1. The number of carbonyl (C=O) groups is 1. The molecule has 108 valence electrons. The van der Waals surface area contributed by atoms with Gasteiger partial charge in [0.2, 0.25) is 0 Å². The van der Waals surface area contributed by atoms with Crippen LogP contribution in [0.5, 0.6) is 0 Å². The predicted octanol–water partition coefficient (Wildman–Crippen LogP) is 3.30. The molecule has 0 spiro atoms. The molecule has 2 rings (SSSR count). The highest BCUT2D eigenvalue weighted by Gasteiger charge is 2.28. The quantitative estimate of drug-likeness (QED) is 0.777. The lowest BCUT2D eigenvalue weighted by atomic mass is 10.1. The topological polar surface area (TPSA) is 40.5 Å². The average Bonchev–Trinajstić information content (AvgIpc) is 3.19. The van der Waals surface area contributed by atoms with Gasteiger partial charge in [-0.25, -0.2) is 9.18 Å². The molecule has 0 bridgehead atoms. The first-order chi connectivity index (χ1) is 9.58. The van der Waals surface area contributed by atoms with Crippen LogP contribution < -0.4 is 0 Å². The minimum absolute atomic E-state index is 0.320. The fourth-order valence-corrected chi connectivity index (χ4v) is 2.38. The number of carboxylic acids is 1. The van der Waals surface area contributed by atoms with Gasteiger partial charge in [-0.2, -0.15) is 0 Å². The van der Waals surface area contributed by atoms with Crippen molar-refractivity contribution in [2.75, 3.05) is 6.54 Å². The van der Waals surface area contributed by atoms with E-state index in [-0.39, 0.29) is 5.82 Å². The molecule has 0 unspecified atom stereocenters. The minimum Gasteiger partial charge on any atom is -0.478 e. The van der Waals surface area contributed by atoms with E-state index in [1.807, 2.05) is 6.07 Å². The van der Waals surface area contributed by atoms with E-state index in [1.54, 1.807) is 0 Å². The van der Waals surface area contributed by atoms with Gasteiger partial charge in [0.15, 0.2) is 0 Å². The van der Waals surface area contributed by atoms with Crippen molar-refractivity contribution in [3.8, 4) is 0 Å². The van der Waals surface area contributed by atoms with Crippen LogP contribution in [0.25, 0.3) is 6.08 Å². The van der Waals surface area contributed by atoms with E-state index in [0.717, 1.165) is 31.1 Å². The Balaban J connectivity index is 2.12. The number of hydrogen-bond donors (Lipinski definition) is 1. The van der Waals surface area contributed by atoms with Gasteiger partial charge < -0.3 is 5.11 Å². The van der Waals surface area contributed by atoms with Crippen molar-refractivity contribution in [2.24, 2.45) is 0 Å². The summed E-state index contributed by atoms with van der Waals surface area (Å²) in [7, 11) is 0. The smallest absolute Gasteiger partial charge is 0.328 e. The molecule has 0 aromatic heterocycles. The van der Waals surface area contributed by atoms with Crippen LogP contribution in [0.2, 0.25) is 0 Å². The summed E-state index contributed by atoms with van der Waals surface area (Å²) in [5.74, 6) is -1.35. The van der Waals surface area contributed by atoms with Crippen LogP contribution in [0.4, 0.5) is 4.39 Å². The van der Waals surface area contributed by atoms with Crippen LogP contribution in [0.3, 0.4) is 0 Å². The molecule has 20 heavy (non-hydrogen) atoms. The summed E-state index contributed by atoms with van der Waals surface area (Å²) in [6, 6.07) is 5.37. The molecule has 1 aromatic rings. The van der Waals surface area contributed by atoms with Gasteiger partial charge >= 0.3 is 5.97 Å². The van der Waals surface area contributed by atoms with E-state index in [2.05, 4.69) is 11.8 Å². The van der Waals surface area contributed by atoms with Gasteiger partial charge in [-0.05, 0) is 55.1 Å². The van der Waals surface area contributed by atoms with E-state index < -0.39 is 5.97 Å². The van der Waals surface area contributed by atoms with Crippen molar-refractivity contribution in [2.45, 2.75) is 38.8 Å². The predicted molar refractivity (Wildman–Crippen MR) is 76.8 cm³/mol. The van der Waals surface area contributed by atoms with Crippen molar-refractivity contribution in [1.82, 2.24) is 4.90 Å². The number of halogens is 1. The zero-order valence-electron chi connectivity index (χ0n) is 11.7. The SMILES string of the molecule is CCCN(Cc1cc(F)cc(C=CC(=O)O)c1)C1CC1. The molecule has 0 saturated heterocycles. The maximum atomic E-state index is 13.6. The van der Waals surface area contributed by atoms with E-state index in [9.17, 15) is 9.18 Å². The van der Waals surface area contributed by atoms with Crippen LogP contribution in [-0.2, 0) is 11.3 Å². The minimum atomic E-state index is -1.03. The Bertz CT molecular complexity index is 509. The molecular weight excluding hydrogens is 257 g/mol.